The number of hydrogen-bond acceptors (Lipinski definition) is 6. The fraction of sp³-hybridized carbons (Fsp3) is 0.600. The molecular weight excluding hydrogens is 455 g/mol. The Kier molecular flexibility index (Phi) is 7.26. The highest BCUT2D eigenvalue weighted by Crippen LogP contribution is 2.41. The molecule has 0 radical (unpaired) electrons. The molecule has 5 rings (SSSR count). The molecule has 0 saturated carbocycles. The van der Waals surface area contributed by atoms with Gasteiger partial charge in [0, 0.05) is 55.0 Å². The van der Waals surface area contributed by atoms with Gasteiger partial charge in [0.25, 0.3) is 0 Å². The monoisotopic (exact) mass is 488 g/mol. The normalized spacial score (nSPS) is 23.2. The minimum atomic E-state index is 0.479. The van der Waals surface area contributed by atoms with E-state index >= 15 is 0 Å². The van der Waals surface area contributed by atoms with Gasteiger partial charge in [-0.2, -0.15) is 4.98 Å². The van der Waals surface area contributed by atoms with E-state index in [1.165, 1.54) is 64.7 Å². The molecule has 1 unspecified atom stereocenters. The molecule has 1 aromatic heterocycles. The van der Waals surface area contributed by atoms with Crippen molar-refractivity contribution in [2.75, 3.05) is 49.5 Å². The molecule has 1 aromatic carbocycles. The molecule has 1 spiro atoms. The first kappa shape index (κ1) is 23.2. The van der Waals surface area contributed by atoms with E-state index in [0.717, 1.165) is 30.4 Å². The lowest BCUT2D eigenvalue weighted by molar-refractivity contribution is 0.193. The topological polar surface area (TPSA) is 56.3 Å². The maximum atomic E-state index is 6.30. The summed E-state index contributed by atoms with van der Waals surface area (Å²) in [6, 6.07) is 8.17. The Morgan fingerprint density at radius 3 is 2.73 bits per heavy atom. The number of anilines is 2. The van der Waals surface area contributed by atoms with Gasteiger partial charge in [-0.1, -0.05) is 35.7 Å². The SMILES string of the molecule is Clc1ccc(CNc2ccnc(N3CCC4(CCN(CC5CCCCN5)C4)CC3)n2)c(Cl)c1. The summed E-state index contributed by atoms with van der Waals surface area (Å²) in [5.41, 5.74) is 1.47. The molecular formula is C25H34Cl2N6. The molecule has 178 valence electrons. The van der Waals surface area contributed by atoms with Gasteiger partial charge in [0.05, 0.1) is 0 Å². The number of nitrogens with one attached hydrogen (secondary N) is 2. The van der Waals surface area contributed by atoms with Crippen molar-refractivity contribution in [3.63, 3.8) is 0 Å². The number of piperidine rings is 2. The Hall–Kier alpha value is -1.60. The molecule has 6 nitrogen and oxygen atoms in total. The smallest absolute Gasteiger partial charge is 0.227 e. The largest absolute Gasteiger partial charge is 0.366 e. The fourth-order valence-electron chi connectivity index (χ4n) is 5.61. The zero-order valence-corrected chi connectivity index (χ0v) is 20.7. The van der Waals surface area contributed by atoms with Crippen LogP contribution in [0.15, 0.2) is 30.5 Å². The van der Waals surface area contributed by atoms with Gasteiger partial charge in [0.1, 0.15) is 5.82 Å². The molecule has 2 N–H and O–H groups in total. The Labute approximate surface area is 207 Å². The molecule has 4 heterocycles. The number of aromatic nitrogens is 2. The molecule has 33 heavy (non-hydrogen) atoms. The third-order valence-corrected chi connectivity index (χ3v) is 8.22. The maximum Gasteiger partial charge on any atom is 0.227 e. The summed E-state index contributed by atoms with van der Waals surface area (Å²) >= 11 is 12.3. The Morgan fingerprint density at radius 1 is 1.09 bits per heavy atom. The van der Waals surface area contributed by atoms with Gasteiger partial charge in [-0.3, -0.25) is 0 Å². The van der Waals surface area contributed by atoms with Crippen molar-refractivity contribution in [3.8, 4) is 0 Å². The molecule has 8 heteroatoms. The van der Waals surface area contributed by atoms with Crippen LogP contribution in [-0.4, -0.2) is 60.2 Å². The molecule has 0 aliphatic carbocycles. The van der Waals surface area contributed by atoms with Crippen molar-refractivity contribution in [1.29, 1.82) is 0 Å². The van der Waals surface area contributed by atoms with Crippen LogP contribution in [0.5, 0.6) is 0 Å². The highest BCUT2D eigenvalue weighted by Gasteiger charge is 2.41. The van der Waals surface area contributed by atoms with Crippen molar-refractivity contribution in [2.24, 2.45) is 5.41 Å². The molecule has 3 fully saturated rings. The van der Waals surface area contributed by atoms with E-state index in [4.69, 9.17) is 28.2 Å². The molecule has 0 amide bonds. The van der Waals surface area contributed by atoms with Crippen LogP contribution in [0.25, 0.3) is 0 Å². The van der Waals surface area contributed by atoms with Gasteiger partial charge in [-0.05, 0) is 74.4 Å². The van der Waals surface area contributed by atoms with Gasteiger partial charge in [-0.15, -0.1) is 0 Å². The minimum Gasteiger partial charge on any atom is -0.366 e. The van der Waals surface area contributed by atoms with E-state index in [-0.39, 0.29) is 0 Å². The Morgan fingerprint density at radius 2 is 1.94 bits per heavy atom. The zero-order chi connectivity index (χ0) is 22.7. The first-order chi connectivity index (χ1) is 16.1. The Bertz CT molecular complexity index is 940. The predicted molar refractivity (Wildman–Crippen MR) is 136 cm³/mol. The third kappa shape index (κ3) is 5.73. The van der Waals surface area contributed by atoms with E-state index in [9.17, 15) is 0 Å². The van der Waals surface area contributed by atoms with Crippen LogP contribution in [0.2, 0.25) is 10.0 Å². The standard InChI is InChI=1S/C25H34Cl2N6/c26-20-5-4-19(22(27)15-20)16-30-23-6-11-29-24(31-23)33-13-8-25(9-14-33)7-12-32(18-25)17-21-3-1-2-10-28-21/h4-6,11,15,21,28H,1-3,7-10,12-14,16-18H2,(H,29,30,31). The number of hydrogen-bond donors (Lipinski definition) is 2. The van der Waals surface area contributed by atoms with Crippen molar-refractivity contribution in [1.82, 2.24) is 20.2 Å². The molecule has 2 aromatic rings. The second kappa shape index (κ2) is 10.3. The second-order valence-corrected chi connectivity index (χ2v) is 10.8. The molecule has 0 bridgehead atoms. The number of halogens is 2. The van der Waals surface area contributed by atoms with E-state index < -0.39 is 0 Å². The lowest BCUT2D eigenvalue weighted by atomic mass is 9.78. The predicted octanol–water partition coefficient (Wildman–Crippen LogP) is 4.83. The minimum absolute atomic E-state index is 0.479. The molecule has 3 aliphatic heterocycles. The highest BCUT2D eigenvalue weighted by atomic mass is 35.5. The average Bonchev–Trinajstić information content (AvgIpc) is 3.21. The maximum absolute atomic E-state index is 6.30. The van der Waals surface area contributed by atoms with Gasteiger partial charge in [-0.25, -0.2) is 4.98 Å². The summed E-state index contributed by atoms with van der Waals surface area (Å²) < 4.78 is 0. The summed E-state index contributed by atoms with van der Waals surface area (Å²) in [5, 5.41) is 8.40. The molecule has 3 aliphatic rings. The van der Waals surface area contributed by atoms with Crippen LogP contribution >= 0.6 is 23.2 Å². The number of likely N-dealkylation sites (tertiary alicyclic amines) is 1. The summed E-state index contributed by atoms with van der Waals surface area (Å²) in [6.45, 7) is 7.58. The van der Waals surface area contributed by atoms with Gasteiger partial charge < -0.3 is 20.4 Å². The molecule has 3 saturated heterocycles. The van der Waals surface area contributed by atoms with E-state index in [1.807, 2.05) is 24.4 Å². The van der Waals surface area contributed by atoms with Crippen molar-refractivity contribution < 1.29 is 0 Å². The van der Waals surface area contributed by atoms with Crippen molar-refractivity contribution >= 4 is 35.0 Å². The van der Waals surface area contributed by atoms with Gasteiger partial charge >= 0.3 is 0 Å². The van der Waals surface area contributed by atoms with E-state index in [0.29, 0.717) is 28.0 Å². The third-order valence-electron chi connectivity index (χ3n) is 7.63. The van der Waals surface area contributed by atoms with E-state index in [1.54, 1.807) is 6.07 Å². The Balaban J connectivity index is 1.13. The number of nitrogens with zero attached hydrogens (tertiary/aromatic N) is 4. The molecule has 1 atom stereocenters. The van der Waals surface area contributed by atoms with Crippen LogP contribution in [0.3, 0.4) is 0 Å². The number of rotatable bonds is 6. The quantitative estimate of drug-likeness (QED) is 0.607. The summed E-state index contributed by atoms with van der Waals surface area (Å²) in [5.74, 6) is 1.64. The van der Waals surface area contributed by atoms with Crippen LogP contribution in [0.4, 0.5) is 11.8 Å². The van der Waals surface area contributed by atoms with Crippen LogP contribution < -0.4 is 15.5 Å². The lowest BCUT2D eigenvalue weighted by Gasteiger charge is -2.39. The summed E-state index contributed by atoms with van der Waals surface area (Å²) in [7, 11) is 0. The van der Waals surface area contributed by atoms with Crippen LogP contribution in [0, 0.1) is 5.41 Å². The summed E-state index contributed by atoms with van der Waals surface area (Å²) in [4.78, 5) is 14.4. The first-order valence-electron chi connectivity index (χ1n) is 12.3. The number of benzene rings is 1. The van der Waals surface area contributed by atoms with Gasteiger partial charge in [0.15, 0.2) is 0 Å². The highest BCUT2D eigenvalue weighted by molar-refractivity contribution is 6.35. The van der Waals surface area contributed by atoms with Crippen LogP contribution in [-0.2, 0) is 6.54 Å². The lowest BCUT2D eigenvalue weighted by Crippen LogP contribution is -2.45. The van der Waals surface area contributed by atoms with E-state index in [2.05, 4.69) is 25.4 Å². The second-order valence-electron chi connectivity index (χ2n) is 9.95. The van der Waals surface area contributed by atoms with Gasteiger partial charge in [0.2, 0.25) is 5.95 Å². The summed E-state index contributed by atoms with van der Waals surface area (Å²) in [6.07, 6.45) is 9.68. The van der Waals surface area contributed by atoms with Crippen LogP contribution in [0.1, 0.15) is 44.1 Å². The fourth-order valence-corrected chi connectivity index (χ4v) is 6.09. The van der Waals surface area contributed by atoms with Crippen molar-refractivity contribution in [3.05, 3.63) is 46.1 Å². The zero-order valence-electron chi connectivity index (χ0n) is 19.2. The first-order valence-corrected chi connectivity index (χ1v) is 13.1. The van der Waals surface area contributed by atoms with Crippen molar-refractivity contribution in [2.45, 2.75) is 51.1 Å². The average molecular weight is 489 g/mol.